The lowest BCUT2D eigenvalue weighted by molar-refractivity contribution is -0.139. The van der Waals surface area contributed by atoms with Crippen molar-refractivity contribution in [2.24, 2.45) is 17.8 Å². The number of carbonyl (C=O) groups excluding carboxylic acids is 2. The number of fused-ring (bicyclic) bond motifs is 2. The number of rotatable bonds is 11. The number of methoxy groups -OCH3 is 1. The molecule has 3 N–H and O–H groups in total. The Morgan fingerprint density at radius 2 is 1.67 bits per heavy atom. The fraction of sp³-hybridized carbons (Fsp3) is 0.353. The van der Waals surface area contributed by atoms with Gasteiger partial charge in [-0.1, -0.05) is 48.9 Å². The van der Waals surface area contributed by atoms with Crippen molar-refractivity contribution in [3.63, 3.8) is 0 Å². The van der Waals surface area contributed by atoms with Gasteiger partial charge in [0.05, 0.1) is 40.0 Å². The molecule has 3 aromatic carbocycles. The highest BCUT2D eigenvalue weighted by Crippen LogP contribution is 2.54. The second-order valence-corrected chi connectivity index (χ2v) is 14.7. The van der Waals surface area contributed by atoms with E-state index in [9.17, 15) is 36.3 Å². The number of anilines is 1. The van der Waals surface area contributed by atoms with Crippen molar-refractivity contribution in [1.29, 1.82) is 0 Å². The lowest BCUT2D eigenvalue weighted by atomic mass is 9.69. The minimum absolute atomic E-state index is 0.0554. The molecule has 14 heteroatoms. The number of hydrogen-bond acceptors (Lipinski definition) is 8. The number of aliphatic hydroxyl groups is 1. The molecule has 0 saturated heterocycles. The molecular weight excluding hydrogens is 673 g/mol. The Labute approximate surface area is 281 Å². The Kier molecular flexibility index (Phi) is 10.5. The van der Waals surface area contributed by atoms with Crippen molar-refractivity contribution in [1.82, 2.24) is 5.48 Å². The van der Waals surface area contributed by atoms with Crippen molar-refractivity contribution >= 4 is 39.0 Å². The maximum absolute atomic E-state index is 14.1. The molecule has 0 spiro atoms. The standard InChI is InChI=1S/C34H34ClF3N2O7S/c1-19(25(33(42)46-2)18-47-39-17-20-6-4-3-5-7-20)34(43)15-22-8-9-23(16-34)31(22)48(44,45)29-12-21(10-11-26(29)35)32(41)40-24-13-27(36)30(38)28(37)14-24/h3-7,10-14,18-19,22-23,31,39,43H,8-9,15-17H2,1-2H3,(H,40,41)/b25-18+/t19?,22-,23?,31?,34-/m1/s1. The average molecular weight is 707 g/mol. The fourth-order valence-corrected chi connectivity index (χ4v) is 9.67. The summed E-state index contributed by atoms with van der Waals surface area (Å²) in [5.74, 6) is -8.10. The quantitative estimate of drug-likeness (QED) is 0.0543. The zero-order chi connectivity index (χ0) is 34.8. The molecule has 2 aliphatic carbocycles. The second kappa shape index (κ2) is 14.3. The van der Waals surface area contributed by atoms with E-state index >= 15 is 0 Å². The number of ether oxygens (including phenoxy) is 1. The monoisotopic (exact) mass is 706 g/mol. The number of nitrogens with one attached hydrogen (secondary N) is 2. The molecule has 0 heterocycles. The SMILES string of the molecule is COC(=O)/C(=C/ONCc1ccccc1)C(C)[C@]1(O)CC2CC[C@H](C1)C2S(=O)(=O)c1cc(C(=O)Nc2cc(F)c(F)c(F)c2)ccc1Cl. The first-order valence-corrected chi connectivity index (χ1v) is 17.1. The van der Waals surface area contributed by atoms with Crippen LogP contribution in [0.4, 0.5) is 18.9 Å². The van der Waals surface area contributed by atoms with Gasteiger partial charge in [-0.25, -0.2) is 26.4 Å². The largest absolute Gasteiger partial charge is 0.466 e. The third kappa shape index (κ3) is 7.24. The molecule has 5 atom stereocenters. The van der Waals surface area contributed by atoms with Gasteiger partial charge in [0.1, 0.15) is 6.26 Å². The van der Waals surface area contributed by atoms with Gasteiger partial charge in [0.2, 0.25) is 0 Å². The van der Waals surface area contributed by atoms with E-state index in [0.29, 0.717) is 31.5 Å². The van der Waals surface area contributed by atoms with Crippen LogP contribution in [0.2, 0.25) is 5.02 Å². The number of amides is 1. The Morgan fingerprint density at radius 1 is 1.04 bits per heavy atom. The van der Waals surface area contributed by atoms with E-state index in [2.05, 4.69) is 10.8 Å². The zero-order valence-corrected chi connectivity index (χ0v) is 27.6. The molecule has 9 nitrogen and oxygen atoms in total. The molecule has 1 amide bonds. The number of sulfone groups is 1. The number of benzene rings is 3. The molecule has 2 bridgehead atoms. The van der Waals surface area contributed by atoms with E-state index in [-0.39, 0.29) is 39.6 Å². The third-order valence-corrected chi connectivity index (χ3v) is 12.1. The maximum Gasteiger partial charge on any atom is 0.337 e. The van der Waals surface area contributed by atoms with Crippen LogP contribution in [0.1, 0.15) is 48.5 Å². The molecule has 3 unspecified atom stereocenters. The van der Waals surface area contributed by atoms with Crippen LogP contribution in [0, 0.1) is 35.2 Å². The van der Waals surface area contributed by atoms with Crippen molar-refractivity contribution < 1.29 is 45.9 Å². The van der Waals surface area contributed by atoms with Crippen molar-refractivity contribution in [2.75, 3.05) is 12.4 Å². The van der Waals surface area contributed by atoms with Gasteiger partial charge >= 0.3 is 5.97 Å². The minimum Gasteiger partial charge on any atom is -0.466 e. The minimum atomic E-state index is -4.17. The normalized spacial score (nSPS) is 23.0. The Morgan fingerprint density at radius 3 is 2.27 bits per heavy atom. The summed E-state index contributed by atoms with van der Waals surface area (Å²) in [5, 5.41) is 13.1. The number of halogens is 4. The summed E-state index contributed by atoms with van der Waals surface area (Å²) < 4.78 is 73.9. The van der Waals surface area contributed by atoms with Crippen LogP contribution in [0.3, 0.4) is 0 Å². The first kappa shape index (κ1) is 35.4. The Hall–Kier alpha value is -3.91. The van der Waals surface area contributed by atoms with Crippen LogP contribution < -0.4 is 10.8 Å². The first-order chi connectivity index (χ1) is 22.7. The molecule has 2 fully saturated rings. The molecule has 0 radical (unpaired) electrons. The zero-order valence-electron chi connectivity index (χ0n) is 26.0. The third-order valence-electron chi connectivity index (χ3n) is 9.25. The van der Waals surface area contributed by atoms with Crippen molar-refractivity contribution in [3.05, 3.63) is 106 Å². The van der Waals surface area contributed by atoms with Gasteiger partial charge in [-0.15, -0.1) is 0 Å². The molecule has 5 rings (SSSR count). The number of esters is 1. The molecule has 0 aromatic heterocycles. The summed E-state index contributed by atoms with van der Waals surface area (Å²) >= 11 is 6.36. The number of carbonyl (C=O) groups is 2. The van der Waals surface area contributed by atoms with Crippen LogP contribution in [0.25, 0.3) is 0 Å². The molecule has 256 valence electrons. The average Bonchev–Trinajstić information content (AvgIpc) is 3.36. The molecule has 48 heavy (non-hydrogen) atoms. The van der Waals surface area contributed by atoms with Gasteiger partial charge in [-0.05, 0) is 61.3 Å². The highest BCUT2D eigenvalue weighted by atomic mass is 35.5. The van der Waals surface area contributed by atoms with E-state index in [0.717, 1.165) is 11.6 Å². The highest BCUT2D eigenvalue weighted by molar-refractivity contribution is 7.92. The van der Waals surface area contributed by atoms with Gasteiger partial charge in [0.25, 0.3) is 5.91 Å². The van der Waals surface area contributed by atoms with E-state index in [4.69, 9.17) is 21.2 Å². The summed E-state index contributed by atoms with van der Waals surface area (Å²) in [5.41, 5.74) is 1.78. The predicted molar refractivity (Wildman–Crippen MR) is 171 cm³/mol. The van der Waals surface area contributed by atoms with E-state index in [1.165, 1.54) is 25.5 Å². The fourth-order valence-electron chi connectivity index (χ4n) is 6.83. The van der Waals surface area contributed by atoms with Crippen LogP contribution in [-0.4, -0.2) is 43.4 Å². The lowest BCUT2D eigenvalue weighted by Crippen LogP contribution is -2.50. The van der Waals surface area contributed by atoms with Crippen molar-refractivity contribution in [3.8, 4) is 0 Å². The van der Waals surface area contributed by atoms with E-state index in [1.807, 2.05) is 30.3 Å². The first-order valence-electron chi connectivity index (χ1n) is 15.2. The summed E-state index contributed by atoms with van der Waals surface area (Å²) in [6.07, 6.45) is 2.30. The summed E-state index contributed by atoms with van der Waals surface area (Å²) in [7, 11) is -2.96. The molecular formula is C34H34ClF3N2O7S. The lowest BCUT2D eigenvalue weighted by Gasteiger charge is -2.44. The Balaban J connectivity index is 1.34. The summed E-state index contributed by atoms with van der Waals surface area (Å²) in [6.45, 7) is 2.01. The topological polar surface area (TPSA) is 131 Å². The van der Waals surface area contributed by atoms with E-state index in [1.54, 1.807) is 6.92 Å². The number of hydroxylamine groups is 1. The van der Waals surface area contributed by atoms with Crippen LogP contribution in [0.5, 0.6) is 0 Å². The molecule has 3 aromatic rings. The van der Waals surface area contributed by atoms with Crippen molar-refractivity contribution in [2.45, 2.75) is 54.9 Å². The van der Waals surface area contributed by atoms with Gasteiger partial charge in [-0.2, -0.15) is 5.48 Å². The molecule has 2 aliphatic rings. The van der Waals surface area contributed by atoms with Crippen LogP contribution in [0.15, 0.2) is 77.4 Å². The summed E-state index contributed by atoms with van der Waals surface area (Å²) in [4.78, 5) is 30.8. The van der Waals surface area contributed by atoms with Gasteiger partial charge in [-0.3, -0.25) is 4.79 Å². The Bertz CT molecular complexity index is 1800. The highest BCUT2D eigenvalue weighted by Gasteiger charge is 2.56. The maximum atomic E-state index is 14.1. The summed E-state index contributed by atoms with van der Waals surface area (Å²) in [6, 6.07) is 14.2. The van der Waals surface area contributed by atoms with E-state index < -0.39 is 67.8 Å². The van der Waals surface area contributed by atoms with Crippen LogP contribution in [-0.2, 0) is 30.8 Å². The second-order valence-electron chi connectivity index (χ2n) is 12.2. The van der Waals surface area contributed by atoms with Gasteiger partial charge in [0, 0.05) is 29.3 Å². The molecule has 0 aliphatic heterocycles. The smallest absolute Gasteiger partial charge is 0.337 e. The van der Waals surface area contributed by atoms with Gasteiger partial charge < -0.3 is 20.0 Å². The van der Waals surface area contributed by atoms with Gasteiger partial charge in [0.15, 0.2) is 27.3 Å². The molecule has 2 saturated carbocycles. The van der Waals surface area contributed by atoms with Crippen LogP contribution >= 0.6 is 11.6 Å². The number of hydrogen-bond donors (Lipinski definition) is 3. The predicted octanol–water partition coefficient (Wildman–Crippen LogP) is 6.12.